The molecule has 0 radical (unpaired) electrons. The molecule has 110 valence electrons. The first-order chi connectivity index (χ1) is 9.34. The Hall–Kier alpha value is -0.670. The summed E-state index contributed by atoms with van der Waals surface area (Å²) in [6.07, 6.45) is 1.51. The van der Waals surface area contributed by atoms with Crippen LogP contribution in [0.25, 0.3) is 0 Å². The summed E-state index contributed by atoms with van der Waals surface area (Å²) in [6.45, 7) is 0.126. The van der Waals surface area contributed by atoms with Crippen molar-refractivity contribution in [2.45, 2.75) is 18.0 Å². The van der Waals surface area contributed by atoms with Crippen LogP contribution in [-0.4, -0.2) is 29.4 Å². The van der Waals surface area contributed by atoms with Crippen LogP contribution in [0.15, 0.2) is 32.4 Å². The lowest BCUT2D eigenvalue weighted by atomic mass is 10.3. The van der Waals surface area contributed by atoms with Crippen molar-refractivity contribution in [3.05, 3.63) is 38.8 Å². The highest BCUT2D eigenvalue weighted by molar-refractivity contribution is 9.11. The van der Waals surface area contributed by atoms with E-state index in [0.717, 1.165) is 9.35 Å². The quantitative estimate of drug-likeness (QED) is 0.866. The zero-order chi connectivity index (χ0) is 14.9. The number of aromatic nitrogens is 1. The fourth-order valence-corrected chi connectivity index (χ4v) is 4.28. The molecule has 0 atom stereocenters. The summed E-state index contributed by atoms with van der Waals surface area (Å²) in [7, 11) is -0.292. The van der Waals surface area contributed by atoms with E-state index in [-0.39, 0.29) is 11.5 Å². The molecule has 5 nitrogen and oxygen atoms in total. The maximum Gasteiger partial charge on any atom is 0.244 e. The van der Waals surface area contributed by atoms with E-state index < -0.39 is 10.0 Å². The van der Waals surface area contributed by atoms with Crippen LogP contribution >= 0.6 is 27.3 Å². The fourth-order valence-electron chi connectivity index (χ4n) is 1.83. The van der Waals surface area contributed by atoms with Crippen LogP contribution in [-0.2, 0) is 30.2 Å². The first-order valence-corrected chi connectivity index (χ1v) is 8.91. The molecule has 0 spiro atoms. The van der Waals surface area contributed by atoms with Crippen LogP contribution < -0.4 is 0 Å². The summed E-state index contributed by atoms with van der Waals surface area (Å²) in [6, 6.07) is 3.40. The number of aliphatic hydroxyl groups is 1. The number of hydrogen-bond acceptors (Lipinski definition) is 4. The minimum Gasteiger partial charge on any atom is -0.390 e. The summed E-state index contributed by atoms with van der Waals surface area (Å²) in [5.74, 6) is 0. The van der Waals surface area contributed by atoms with Gasteiger partial charge in [0.1, 0.15) is 4.90 Å². The Morgan fingerprint density at radius 1 is 1.45 bits per heavy atom. The predicted molar refractivity (Wildman–Crippen MR) is 82.0 cm³/mol. The van der Waals surface area contributed by atoms with Gasteiger partial charge in [0.25, 0.3) is 0 Å². The zero-order valence-corrected chi connectivity index (χ0v) is 14.3. The van der Waals surface area contributed by atoms with Crippen molar-refractivity contribution in [1.29, 1.82) is 0 Å². The molecule has 20 heavy (non-hydrogen) atoms. The second-order valence-electron chi connectivity index (χ2n) is 4.46. The van der Waals surface area contributed by atoms with Gasteiger partial charge in [0, 0.05) is 32.5 Å². The molecule has 0 fully saturated rings. The number of halogens is 1. The number of hydrogen-bond donors (Lipinski definition) is 1. The van der Waals surface area contributed by atoms with Crippen molar-refractivity contribution in [2.75, 3.05) is 7.05 Å². The molecule has 0 saturated heterocycles. The summed E-state index contributed by atoms with van der Waals surface area (Å²) in [5, 5.41) is 11.1. The number of aryl methyl sites for hydroxylation is 1. The average Bonchev–Trinajstić information content (AvgIpc) is 2.95. The van der Waals surface area contributed by atoms with Gasteiger partial charge >= 0.3 is 0 Å². The molecule has 2 heterocycles. The van der Waals surface area contributed by atoms with E-state index in [9.17, 15) is 8.42 Å². The van der Waals surface area contributed by atoms with Crippen molar-refractivity contribution in [3.63, 3.8) is 0 Å². The summed E-state index contributed by atoms with van der Waals surface area (Å²) < 4.78 is 28.8. The third-order valence-corrected chi connectivity index (χ3v) is 6.30. The second kappa shape index (κ2) is 5.98. The molecule has 0 aliphatic carbocycles. The van der Waals surface area contributed by atoms with Gasteiger partial charge in [-0.15, -0.1) is 11.3 Å². The van der Waals surface area contributed by atoms with Crippen LogP contribution in [0.3, 0.4) is 0 Å². The molecular weight excluding hydrogens is 364 g/mol. The highest BCUT2D eigenvalue weighted by atomic mass is 79.9. The van der Waals surface area contributed by atoms with Gasteiger partial charge in [-0.3, -0.25) is 0 Å². The van der Waals surface area contributed by atoms with Crippen LogP contribution in [0.1, 0.15) is 11.3 Å². The van der Waals surface area contributed by atoms with Gasteiger partial charge in [-0.2, -0.15) is 4.31 Å². The van der Waals surface area contributed by atoms with E-state index in [0.29, 0.717) is 12.2 Å². The van der Waals surface area contributed by atoms with E-state index in [1.54, 1.807) is 18.7 Å². The molecule has 0 amide bonds. The maximum absolute atomic E-state index is 12.4. The number of nitrogens with zero attached hydrogens (tertiary/aromatic N) is 2. The molecule has 0 saturated carbocycles. The molecule has 0 bridgehead atoms. The van der Waals surface area contributed by atoms with Gasteiger partial charge in [0.2, 0.25) is 10.0 Å². The molecule has 1 N–H and O–H groups in total. The minimum absolute atomic E-state index is 0.187. The summed E-state index contributed by atoms with van der Waals surface area (Å²) in [5.41, 5.74) is 1.50. The van der Waals surface area contributed by atoms with Gasteiger partial charge in [-0.25, -0.2) is 8.42 Å². The van der Waals surface area contributed by atoms with E-state index in [1.807, 2.05) is 11.4 Å². The van der Waals surface area contributed by atoms with Gasteiger partial charge in [-0.05, 0) is 39.0 Å². The van der Waals surface area contributed by atoms with Crippen molar-refractivity contribution >= 4 is 37.3 Å². The smallest absolute Gasteiger partial charge is 0.244 e. The molecule has 8 heteroatoms. The molecule has 0 unspecified atom stereocenters. The molecular formula is C12H15BrN2O3S2. The fraction of sp³-hybridized carbons (Fsp3) is 0.333. The topological polar surface area (TPSA) is 62.5 Å². The van der Waals surface area contributed by atoms with Gasteiger partial charge < -0.3 is 9.67 Å². The second-order valence-corrected chi connectivity index (χ2v) is 8.79. The summed E-state index contributed by atoms with van der Waals surface area (Å²) in [4.78, 5) is 0.195. The van der Waals surface area contributed by atoms with Crippen molar-refractivity contribution < 1.29 is 13.5 Å². The van der Waals surface area contributed by atoms with Gasteiger partial charge in [-0.1, -0.05) is 0 Å². The highest BCUT2D eigenvalue weighted by Gasteiger charge is 2.23. The Morgan fingerprint density at radius 3 is 2.65 bits per heavy atom. The molecule has 2 aromatic rings. The first-order valence-electron chi connectivity index (χ1n) is 5.80. The van der Waals surface area contributed by atoms with Crippen LogP contribution in [0.2, 0.25) is 0 Å². The van der Waals surface area contributed by atoms with Crippen molar-refractivity contribution in [1.82, 2.24) is 8.87 Å². The Morgan fingerprint density at radius 2 is 2.15 bits per heavy atom. The maximum atomic E-state index is 12.4. The van der Waals surface area contributed by atoms with Crippen molar-refractivity contribution in [2.24, 2.45) is 7.05 Å². The van der Waals surface area contributed by atoms with E-state index >= 15 is 0 Å². The van der Waals surface area contributed by atoms with Crippen LogP contribution in [0.5, 0.6) is 0 Å². The van der Waals surface area contributed by atoms with Gasteiger partial charge in [0.15, 0.2) is 0 Å². The van der Waals surface area contributed by atoms with E-state index in [2.05, 4.69) is 15.9 Å². The Kier molecular flexibility index (Phi) is 4.70. The third-order valence-electron chi connectivity index (χ3n) is 2.98. The number of sulfonamides is 1. The van der Waals surface area contributed by atoms with E-state index in [1.165, 1.54) is 27.9 Å². The van der Waals surface area contributed by atoms with Gasteiger partial charge in [0.05, 0.1) is 10.4 Å². The Labute approximate surface area is 130 Å². The van der Waals surface area contributed by atoms with E-state index in [4.69, 9.17) is 5.11 Å². The standard InChI is InChI=1S/C12H15BrN2O3S2/c1-14-6-11(4-10(14)7-16)20(17,18)15(2)5-9-3-12(13)19-8-9/h3-4,6,8,16H,5,7H2,1-2H3. The lowest BCUT2D eigenvalue weighted by Crippen LogP contribution is -2.26. The largest absolute Gasteiger partial charge is 0.390 e. The first kappa shape index (κ1) is 15.7. The zero-order valence-electron chi connectivity index (χ0n) is 11.1. The molecule has 0 aliphatic rings. The number of rotatable bonds is 5. The van der Waals surface area contributed by atoms with Crippen LogP contribution in [0.4, 0.5) is 0 Å². The highest BCUT2D eigenvalue weighted by Crippen LogP contribution is 2.24. The monoisotopic (exact) mass is 378 g/mol. The molecule has 0 aliphatic heterocycles. The predicted octanol–water partition coefficient (Wildman–Crippen LogP) is 2.16. The summed E-state index contributed by atoms with van der Waals surface area (Å²) >= 11 is 4.88. The Balaban J connectivity index is 2.24. The number of thiophene rings is 1. The normalized spacial score (nSPS) is 12.2. The minimum atomic E-state index is -3.55. The molecule has 2 aromatic heterocycles. The molecule has 0 aromatic carbocycles. The lowest BCUT2D eigenvalue weighted by molar-refractivity contribution is 0.272. The molecule has 2 rings (SSSR count). The average molecular weight is 379 g/mol. The number of aliphatic hydroxyl groups excluding tert-OH is 1. The van der Waals surface area contributed by atoms with Crippen LogP contribution in [0, 0.1) is 0 Å². The third kappa shape index (κ3) is 3.15. The Bertz CT molecular complexity index is 706. The van der Waals surface area contributed by atoms with Crippen molar-refractivity contribution in [3.8, 4) is 0 Å². The lowest BCUT2D eigenvalue weighted by Gasteiger charge is -2.15. The SMILES string of the molecule is CN(Cc1csc(Br)c1)S(=O)(=O)c1cc(CO)n(C)c1.